The van der Waals surface area contributed by atoms with E-state index in [0.29, 0.717) is 43.3 Å². The zero-order valence-corrected chi connectivity index (χ0v) is 23.5. The first-order chi connectivity index (χ1) is 18.1. The maximum absolute atomic E-state index is 13.7. The summed E-state index contributed by atoms with van der Waals surface area (Å²) in [5.41, 5.74) is 2.22. The van der Waals surface area contributed by atoms with Crippen molar-refractivity contribution in [1.29, 1.82) is 0 Å². The Morgan fingerprint density at radius 2 is 1.63 bits per heavy atom. The van der Waals surface area contributed by atoms with Crippen LogP contribution in [0.25, 0.3) is 0 Å². The number of likely N-dealkylation sites (tertiary alicyclic amines) is 1. The summed E-state index contributed by atoms with van der Waals surface area (Å²) in [4.78, 5) is 32.9. The monoisotopic (exact) mass is 563 g/mol. The van der Waals surface area contributed by atoms with Gasteiger partial charge in [0.05, 0.1) is 17.6 Å². The zero-order chi connectivity index (χ0) is 27.3. The summed E-state index contributed by atoms with van der Waals surface area (Å²) < 4.78 is 26.2. The first-order valence-corrected chi connectivity index (χ1v) is 15.2. The van der Waals surface area contributed by atoms with Crippen LogP contribution in [0.1, 0.15) is 19.8 Å². The van der Waals surface area contributed by atoms with Crippen molar-refractivity contribution in [2.45, 2.75) is 25.3 Å². The van der Waals surface area contributed by atoms with Gasteiger partial charge in [-0.3, -0.25) is 14.3 Å². The van der Waals surface area contributed by atoms with Crippen molar-refractivity contribution in [2.24, 2.45) is 5.92 Å². The van der Waals surface area contributed by atoms with E-state index in [0.717, 1.165) is 43.4 Å². The van der Waals surface area contributed by atoms with Gasteiger partial charge in [0.1, 0.15) is 6.04 Å². The quantitative estimate of drug-likeness (QED) is 0.512. The molecule has 2 amide bonds. The summed E-state index contributed by atoms with van der Waals surface area (Å²) in [6.45, 7) is 3.76. The fraction of sp³-hybridized carbons (Fsp3) is 0.481. The van der Waals surface area contributed by atoms with Crippen LogP contribution in [0.3, 0.4) is 0 Å². The summed E-state index contributed by atoms with van der Waals surface area (Å²) in [6, 6.07) is 13.9. The molecule has 0 spiro atoms. The average Bonchev–Trinajstić information content (AvgIpc) is 2.89. The molecule has 0 aromatic heterocycles. The van der Waals surface area contributed by atoms with Crippen molar-refractivity contribution in [2.75, 3.05) is 62.2 Å². The molecule has 0 unspecified atom stereocenters. The molecule has 2 fully saturated rings. The van der Waals surface area contributed by atoms with Gasteiger partial charge in [0, 0.05) is 45.0 Å². The molecule has 2 aromatic rings. The highest BCUT2D eigenvalue weighted by atomic mass is 35.5. The lowest BCUT2D eigenvalue weighted by Crippen LogP contribution is -2.56. The van der Waals surface area contributed by atoms with E-state index < -0.39 is 16.1 Å². The van der Waals surface area contributed by atoms with Gasteiger partial charge in [-0.05, 0) is 62.8 Å². The molecule has 1 atom stereocenters. The minimum absolute atomic E-state index is 0. The molecule has 2 aliphatic rings. The summed E-state index contributed by atoms with van der Waals surface area (Å²) in [6.07, 6.45) is 3.07. The molecule has 9 nitrogen and oxygen atoms in total. The summed E-state index contributed by atoms with van der Waals surface area (Å²) in [5, 5.41) is 3.69. The highest BCUT2D eigenvalue weighted by Crippen LogP contribution is 2.27. The number of sulfonamides is 1. The third kappa shape index (κ3) is 7.61. The second kappa shape index (κ2) is 12.4. The molecule has 2 N–H and O–H groups in total. The molecule has 208 valence electrons. The first kappa shape index (κ1) is 28.2. The molecule has 0 aliphatic carbocycles. The van der Waals surface area contributed by atoms with E-state index in [1.807, 2.05) is 24.3 Å². The van der Waals surface area contributed by atoms with Crippen molar-refractivity contribution >= 4 is 44.8 Å². The molecular formula is C27H38ClN5O4S. The van der Waals surface area contributed by atoms with E-state index in [-0.39, 0.29) is 19.2 Å². The summed E-state index contributed by atoms with van der Waals surface area (Å²) >= 11 is 6.05. The molecule has 2 aromatic carbocycles. The minimum Gasteiger partial charge on any atom is -0.366 e. The van der Waals surface area contributed by atoms with E-state index in [1.54, 1.807) is 29.2 Å². The Labute approximate surface area is 231 Å². The number of carbonyl (C=O) groups excluding carboxylic acids is 2. The topological polar surface area (TPSA) is 102 Å². The zero-order valence-electron chi connectivity index (χ0n) is 21.9. The van der Waals surface area contributed by atoms with Crippen LogP contribution in [-0.4, -0.2) is 88.6 Å². The highest BCUT2D eigenvalue weighted by molar-refractivity contribution is 7.92. The van der Waals surface area contributed by atoms with Crippen molar-refractivity contribution in [1.82, 2.24) is 15.1 Å². The molecule has 0 saturated carbocycles. The number of piperidine rings is 1. The number of para-hydroxylation sites is 2. The highest BCUT2D eigenvalue weighted by Gasteiger charge is 2.32. The normalized spacial score (nSPS) is 18.2. The SMILES string of the molecule is CN1CCC(C(=O)N[C@H](Cc2ccc(Cl)cc2)C(=O)N2CCN(c3ccccc3NS(C)(=O)=O)CC2)CC1.[HH]. The van der Waals surface area contributed by atoms with E-state index in [1.165, 1.54) is 0 Å². The molecule has 11 heteroatoms. The van der Waals surface area contributed by atoms with Gasteiger partial charge in [-0.1, -0.05) is 35.9 Å². The molecule has 2 aliphatic heterocycles. The average molecular weight is 564 g/mol. The largest absolute Gasteiger partial charge is 0.366 e. The van der Waals surface area contributed by atoms with Crippen LogP contribution in [0.5, 0.6) is 0 Å². The van der Waals surface area contributed by atoms with Crippen molar-refractivity contribution in [3.63, 3.8) is 0 Å². The van der Waals surface area contributed by atoms with E-state index in [2.05, 4.69) is 26.9 Å². The van der Waals surface area contributed by atoms with Gasteiger partial charge < -0.3 is 20.0 Å². The number of carbonyl (C=O) groups is 2. The molecule has 0 bridgehead atoms. The molecule has 2 saturated heterocycles. The third-order valence-corrected chi connectivity index (χ3v) is 8.03. The summed E-state index contributed by atoms with van der Waals surface area (Å²) in [7, 11) is -1.37. The molecule has 4 rings (SSSR count). The van der Waals surface area contributed by atoms with Crippen molar-refractivity contribution < 1.29 is 19.4 Å². The van der Waals surface area contributed by atoms with E-state index in [4.69, 9.17) is 11.6 Å². The van der Waals surface area contributed by atoms with Gasteiger partial charge in [-0.2, -0.15) is 0 Å². The van der Waals surface area contributed by atoms with Gasteiger partial charge in [0.25, 0.3) is 0 Å². The van der Waals surface area contributed by atoms with Crippen LogP contribution in [0.4, 0.5) is 11.4 Å². The number of benzene rings is 2. The number of hydrogen-bond acceptors (Lipinski definition) is 6. The number of nitrogens with one attached hydrogen (secondary N) is 2. The van der Waals surface area contributed by atoms with Crippen molar-refractivity contribution in [3.8, 4) is 0 Å². The number of rotatable bonds is 8. The summed E-state index contributed by atoms with van der Waals surface area (Å²) in [5.74, 6) is -0.268. The molecule has 38 heavy (non-hydrogen) atoms. The van der Waals surface area contributed by atoms with E-state index in [9.17, 15) is 18.0 Å². The third-order valence-electron chi connectivity index (χ3n) is 7.19. The number of amides is 2. The number of hydrogen-bond donors (Lipinski definition) is 2. The lowest BCUT2D eigenvalue weighted by atomic mass is 9.95. The molecule has 2 heterocycles. The van der Waals surface area contributed by atoms with Gasteiger partial charge >= 0.3 is 0 Å². The smallest absolute Gasteiger partial charge is 0.245 e. The Morgan fingerprint density at radius 3 is 2.26 bits per heavy atom. The van der Waals surface area contributed by atoms with Crippen LogP contribution in [0.15, 0.2) is 48.5 Å². The molecular weight excluding hydrogens is 526 g/mol. The predicted octanol–water partition coefficient (Wildman–Crippen LogP) is 2.68. The van der Waals surface area contributed by atoms with Gasteiger partial charge in [0.15, 0.2) is 0 Å². The number of anilines is 2. The fourth-order valence-corrected chi connectivity index (χ4v) is 5.74. The maximum Gasteiger partial charge on any atom is 0.245 e. The predicted molar refractivity (Wildman–Crippen MR) is 153 cm³/mol. The number of piperazine rings is 1. The Hall–Kier alpha value is -2.82. The second-order valence-corrected chi connectivity index (χ2v) is 12.4. The van der Waals surface area contributed by atoms with Crippen LogP contribution in [-0.2, 0) is 26.0 Å². The lowest BCUT2D eigenvalue weighted by molar-refractivity contribution is -0.138. The Kier molecular flexibility index (Phi) is 9.17. The standard InChI is InChI=1S/C27H36ClN5O4S.H2/c1-31-13-11-21(12-14-31)26(34)29-24(19-20-7-9-22(28)10-8-20)27(35)33-17-15-32(16-18-33)25-6-4-3-5-23(25)30-38(2,36)37;/h3-10,21,24,30H,11-19H2,1-2H3,(H,29,34);1H/t24-;/m1./s1. The Morgan fingerprint density at radius 1 is 1.00 bits per heavy atom. The lowest BCUT2D eigenvalue weighted by Gasteiger charge is -2.38. The number of halogens is 1. The minimum atomic E-state index is -3.42. The second-order valence-electron chi connectivity index (χ2n) is 10.2. The fourth-order valence-electron chi connectivity index (χ4n) is 5.04. The maximum atomic E-state index is 13.7. The Bertz CT molecular complexity index is 1230. The molecule has 0 radical (unpaired) electrons. The van der Waals surface area contributed by atoms with Crippen LogP contribution in [0.2, 0.25) is 5.02 Å². The first-order valence-electron chi connectivity index (χ1n) is 12.9. The van der Waals surface area contributed by atoms with Crippen LogP contribution in [0, 0.1) is 5.92 Å². The number of nitrogens with zero attached hydrogens (tertiary/aromatic N) is 3. The van der Waals surface area contributed by atoms with Gasteiger partial charge in [0.2, 0.25) is 21.8 Å². The van der Waals surface area contributed by atoms with E-state index >= 15 is 0 Å². The van der Waals surface area contributed by atoms with Crippen LogP contribution < -0.4 is 14.9 Å². The van der Waals surface area contributed by atoms with Gasteiger partial charge in [-0.15, -0.1) is 0 Å². The van der Waals surface area contributed by atoms with Crippen LogP contribution >= 0.6 is 11.6 Å². The Balaban J connectivity index is 0.00000420. The van der Waals surface area contributed by atoms with Gasteiger partial charge in [-0.25, -0.2) is 8.42 Å². The van der Waals surface area contributed by atoms with Crippen molar-refractivity contribution in [3.05, 3.63) is 59.1 Å².